The second-order valence-corrected chi connectivity index (χ2v) is 33.2. The minimum Gasteiger partial charge on any atom is -0.507 e. The first-order valence-corrected chi connectivity index (χ1v) is 47.1. The molecule has 0 unspecified atom stereocenters. The number of hydrogen-bond donors (Lipinski definition) is 8. The standard InChI is InChI=1S/C102H126O34/c103-81-57-51-69(63-75(81)97(115)116)127-87(105)41-31-21-11-1-2-12-23-33-43-89(107)129-71-53-59-83(77(65-71)99(119)120)134-94(112)48-38-28-18-8-4-14-25-35-45-91(109)131-73-55-61-85(79(67-73)101(123)124)136-96(114)50-40-30-20-10-6-16-26-36-46-92(110)132-74-56-62-86(80(68-74)102(125)126)135-95(113)49-39-29-19-9-5-15-24-34-44-90(108)130-72-54-60-84(78(66-72)100(121)122)133-93(111)47-37-27-17-7-3-13-22-32-42-88(106)128-70-52-58-82(104)76(64-70)98(117)118/h51-68,103-104H,1-50H2,(H,115,116)(H,117,118)(H,119,120)(H,121,122)(H,123,124)(H,125,126). The molecule has 6 rings (SSSR count). The Balaban J connectivity index is 0.700. The number of unbranched alkanes of at least 4 members (excludes halogenated alkanes) is 35. The van der Waals surface area contributed by atoms with E-state index in [9.17, 15) is 107 Å². The third kappa shape index (κ3) is 45.9. The molecule has 34 heteroatoms. The molecular formula is C102H126O34. The third-order valence-corrected chi connectivity index (χ3v) is 22.0. The van der Waals surface area contributed by atoms with Crippen molar-refractivity contribution in [1.82, 2.24) is 0 Å². The maximum Gasteiger partial charge on any atom is 0.339 e. The summed E-state index contributed by atoms with van der Waals surface area (Å²) in [4.78, 5) is 196. The van der Waals surface area contributed by atoms with E-state index in [2.05, 4.69) is 0 Å². The number of aromatic hydroxyl groups is 2. The Morgan fingerprint density at radius 2 is 0.272 bits per heavy atom. The molecule has 0 radical (unpaired) electrons. The molecule has 0 saturated carbocycles. The van der Waals surface area contributed by atoms with Crippen LogP contribution in [0, 0.1) is 0 Å². The van der Waals surface area contributed by atoms with Gasteiger partial charge in [0.25, 0.3) is 0 Å². The van der Waals surface area contributed by atoms with Gasteiger partial charge >= 0.3 is 95.5 Å². The highest BCUT2D eigenvalue weighted by atomic mass is 16.6. The van der Waals surface area contributed by atoms with Crippen LogP contribution in [0.3, 0.4) is 0 Å². The fourth-order valence-electron chi connectivity index (χ4n) is 14.6. The number of rotatable bonds is 71. The molecule has 0 aliphatic heterocycles. The van der Waals surface area contributed by atoms with Crippen molar-refractivity contribution in [2.45, 2.75) is 321 Å². The fraction of sp³-hybridized carbons (Fsp3) is 0.490. The normalized spacial score (nSPS) is 10.9. The number of ether oxygens (including phenoxy) is 10. The highest BCUT2D eigenvalue weighted by Crippen LogP contribution is 2.33. The maximum absolute atomic E-state index is 12.7. The molecule has 0 amide bonds. The quantitative estimate of drug-likeness (QED) is 0.00998. The van der Waals surface area contributed by atoms with Gasteiger partial charge in [-0.25, -0.2) is 28.8 Å². The van der Waals surface area contributed by atoms with Gasteiger partial charge in [-0.1, -0.05) is 193 Å². The number of carbonyl (C=O) groups excluding carboxylic acids is 10. The largest absolute Gasteiger partial charge is 0.507 e. The van der Waals surface area contributed by atoms with Crippen molar-refractivity contribution in [3.8, 4) is 69.0 Å². The molecular weight excluding hydrogens is 1770 g/mol. The van der Waals surface area contributed by atoms with Crippen LogP contribution in [0.25, 0.3) is 0 Å². The lowest BCUT2D eigenvalue weighted by Crippen LogP contribution is -2.12. The third-order valence-electron chi connectivity index (χ3n) is 22.0. The van der Waals surface area contributed by atoms with E-state index >= 15 is 0 Å². The number of carbonyl (C=O) groups is 16. The van der Waals surface area contributed by atoms with Crippen LogP contribution in [0.5, 0.6) is 69.0 Å². The molecule has 0 aliphatic rings. The van der Waals surface area contributed by atoms with Gasteiger partial charge in [0, 0.05) is 64.2 Å². The van der Waals surface area contributed by atoms with Gasteiger partial charge in [-0.2, -0.15) is 0 Å². The monoisotopic (exact) mass is 1890 g/mol. The molecule has 0 heterocycles. The molecule has 6 aromatic rings. The van der Waals surface area contributed by atoms with Crippen molar-refractivity contribution in [1.29, 1.82) is 0 Å². The lowest BCUT2D eigenvalue weighted by Gasteiger charge is -2.10. The van der Waals surface area contributed by atoms with Crippen molar-refractivity contribution < 1.29 is 165 Å². The first-order chi connectivity index (χ1) is 65.4. The van der Waals surface area contributed by atoms with Gasteiger partial charge in [-0.3, -0.25) is 47.9 Å². The molecule has 0 aliphatic carbocycles. The highest BCUT2D eigenvalue weighted by Gasteiger charge is 2.25. The van der Waals surface area contributed by atoms with Crippen LogP contribution >= 0.6 is 0 Å². The number of phenols is 2. The van der Waals surface area contributed by atoms with E-state index in [1.165, 1.54) is 60.7 Å². The Morgan fingerprint density at radius 3 is 0.412 bits per heavy atom. The van der Waals surface area contributed by atoms with Crippen molar-refractivity contribution >= 4 is 95.5 Å². The zero-order valence-electron chi connectivity index (χ0n) is 76.9. The Labute approximate surface area is 789 Å². The summed E-state index contributed by atoms with van der Waals surface area (Å²) in [6.07, 6.45) is 31.1. The lowest BCUT2D eigenvalue weighted by molar-refractivity contribution is -0.135. The number of hydrogen-bond acceptors (Lipinski definition) is 28. The summed E-state index contributed by atoms with van der Waals surface area (Å²) in [6, 6.07) is 22.2. The maximum atomic E-state index is 12.7. The molecule has 6 aromatic carbocycles. The average Bonchev–Trinajstić information content (AvgIpc) is 0.869. The second-order valence-electron chi connectivity index (χ2n) is 33.2. The van der Waals surface area contributed by atoms with Crippen molar-refractivity contribution in [3.05, 3.63) is 143 Å². The molecule has 34 nitrogen and oxygen atoms in total. The van der Waals surface area contributed by atoms with Gasteiger partial charge in [0.2, 0.25) is 0 Å². The molecule has 136 heavy (non-hydrogen) atoms. The smallest absolute Gasteiger partial charge is 0.339 e. The summed E-state index contributed by atoms with van der Waals surface area (Å²) in [7, 11) is 0. The van der Waals surface area contributed by atoms with E-state index in [4.69, 9.17) is 57.6 Å². The summed E-state index contributed by atoms with van der Waals surface area (Å²) < 4.78 is 53.4. The van der Waals surface area contributed by atoms with Gasteiger partial charge in [0.1, 0.15) is 102 Å². The minimum atomic E-state index is -1.38. The van der Waals surface area contributed by atoms with Crippen LogP contribution in [0.1, 0.15) is 383 Å². The minimum absolute atomic E-state index is 0.00356. The van der Waals surface area contributed by atoms with E-state index in [0.29, 0.717) is 70.6 Å². The van der Waals surface area contributed by atoms with Crippen LogP contribution in [-0.4, -0.2) is 136 Å². The molecule has 0 spiro atoms. The van der Waals surface area contributed by atoms with Gasteiger partial charge < -0.3 is 88.2 Å². The number of carboxylic acids is 6. The summed E-state index contributed by atoms with van der Waals surface area (Å²) in [6.45, 7) is 0. The SMILES string of the molecule is O=C(CCCCCCCCCCC(=O)Oc1ccc(OC(=O)CCCCCCCCCCC(=O)Oc2ccc(OC(=O)CCCCCCCCCCC(=O)Oc3ccc(OC(=O)CCCCCCCCCCC(=O)Oc4ccc(OC(=O)CCCCCCCCCCC(=O)Oc5ccc(O)c(C(=O)O)c5)c(C(=O)O)c4)c(C(=O)O)c3)c(C(=O)O)c2)c(C(=O)O)c1)Oc1ccc(O)c(C(=O)O)c1. The molecule has 0 bridgehead atoms. The van der Waals surface area contributed by atoms with Crippen LogP contribution in [0.4, 0.5) is 0 Å². The lowest BCUT2D eigenvalue weighted by atomic mass is 10.1. The van der Waals surface area contributed by atoms with Crippen molar-refractivity contribution in [2.24, 2.45) is 0 Å². The van der Waals surface area contributed by atoms with Crippen LogP contribution in [-0.2, 0) is 47.9 Å². The summed E-state index contributed by atoms with van der Waals surface area (Å²) in [5, 5.41) is 76.9. The van der Waals surface area contributed by atoms with Crippen molar-refractivity contribution in [3.63, 3.8) is 0 Å². The van der Waals surface area contributed by atoms with Gasteiger partial charge in [-0.05, 0) is 173 Å². The Bertz CT molecular complexity index is 4940. The molecule has 0 aromatic heterocycles. The summed E-state index contributed by atoms with van der Waals surface area (Å²) in [5.74, 6) is -15.4. The fourth-order valence-corrected chi connectivity index (χ4v) is 14.6. The van der Waals surface area contributed by atoms with Crippen LogP contribution in [0.15, 0.2) is 109 Å². The van der Waals surface area contributed by atoms with E-state index in [-0.39, 0.29) is 155 Å². The molecule has 0 saturated heterocycles. The molecule has 738 valence electrons. The van der Waals surface area contributed by atoms with Gasteiger partial charge in [-0.15, -0.1) is 0 Å². The number of carboxylic acid groups (broad SMARTS) is 6. The second kappa shape index (κ2) is 63.6. The van der Waals surface area contributed by atoms with E-state index < -0.39 is 107 Å². The molecule has 0 atom stereocenters. The van der Waals surface area contributed by atoms with E-state index in [0.717, 1.165) is 235 Å². The van der Waals surface area contributed by atoms with Crippen LogP contribution in [0.2, 0.25) is 0 Å². The predicted molar refractivity (Wildman–Crippen MR) is 491 cm³/mol. The first kappa shape index (κ1) is 111. The zero-order valence-corrected chi connectivity index (χ0v) is 76.9. The topological polar surface area (TPSA) is 527 Å². The number of benzene rings is 6. The Hall–Kier alpha value is -13.6. The van der Waals surface area contributed by atoms with Crippen molar-refractivity contribution in [2.75, 3.05) is 0 Å². The Kier molecular flexibility index (Phi) is 52.0. The first-order valence-electron chi connectivity index (χ1n) is 47.1. The van der Waals surface area contributed by atoms with Gasteiger partial charge in [0.05, 0.1) is 0 Å². The zero-order chi connectivity index (χ0) is 98.8. The summed E-state index contributed by atoms with van der Waals surface area (Å²) in [5.41, 5.74) is -2.09. The highest BCUT2D eigenvalue weighted by molar-refractivity contribution is 5.96. The number of esters is 10. The molecule has 0 fully saturated rings. The Morgan fingerprint density at radius 1 is 0.154 bits per heavy atom. The summed E-state index contributed by atoms with van der Waals surface area (Å²) >= 11 is 0. The average molecular weight is 1900 g/mol. The van der Waals surface area contributed by atoms with E-state index in [1.54, 1.807) is 0 Å². The molecule has 8 N–H and O–H groups in total. The van der Waals surface area contributed by atoms with Crippen LogP contribution < -0.4 is 47.4 Å². The van der Waals surface area contributed by atoms with Gasteiger partial charge in [0.15, 0.2) is 0 Å². The number of aromatic carboxylic acids is 6. The predicted octanol–water partition coefficient (Wildman–Crippen LogP) is 21.3. The van der Waals surface area contributed by atoms with E-state index in [1.807, 2.05) is 0 Å².